The minimum absolute atomic E-state index is 0.0141. The third-order valence-electron chi connectivity index (χ3n) is 5.12. The predicted molar refractivity (Wildman–Crippen MR) is 119 cm³/mol. The molecule has 0 radical (unpaired) electrons. The number of carbonyl (C=O) groups is 2. The van der Waals surface area contributed by atoms with Gasteiger partial charge in [-0.3, -0.25) is 4.79 Å². The van der Waals surface area contributed by atoms with Gasteiger partial charge in [0.15, 0.2) is 0 Å². The zero-order valence-electron chi connectivity index (χ0n) is 18.3. The SMILES string of the molecule is CC(=O)N(Cc1ccc2c(c1)CN(C(=O)NCC(C)C)CCO2)c1ccc(C)cc1. The molecule has 0 bridgehead atoms. The molecule has 1 heterocycles. The Balaban J connectivity index is 1.77. The summed E-state index contributed by atoms with van der Waals surface area (Å²) in [7, 11) is 0. The zero-order chi connectivity index (χ0) is 21.7. The maximum atomic E-state index is 12.5. The Bertz CT molecular complexity index is 893. The highest BCUT2D eigenvalue weighted by Gasteiger charge is 2.21. The normalized spacial score (nSPS) is 13.3. The summed E-state index contributed by atoms with van der Waals surface area (Å²) >= 11 is 0. The first-order valence-corrected chi connectivity index (χ1v) is 10.5. The first kappa shape index (κ1) is 21.7. The second-order valence-corrected chi connectivity index (χ2v) is 8.23. The van der Waals surface area contributed by atoms with E-state index in [0.29, 0.717) is 38.7 Å². The van der Waals surface area contributed by atoms with Gasteiger partial charge in [-0.15, -0.1) is 0 Å². The molecule has 0 fully saturated rings. The van der Waals surface area contributed by atoms with Crippen molar-refractivity contribution in [1.29, 1.82) is 0 Å². The van der Waals surface area contributed by atoms with Crippen LogP contribution in [0.4, 0.5) is 10.5 Å². The molecule has 3 amide bonds. The summed E-state index contributed by atoms with van der Waals surface area (Å²) in [5.74, 6) is 1.18. The molecule has 160 valence electrons. The molecule has 6 heteroatoms. The molecule has 1 N–H and O–H groups in total. The van der Waals surface area contributed by atoms with Crippen LogP contribution in [0.2, 0.25) is 0 Å². The number of benzene rings is 2. The molecule has 0 unspecified atom stereocenters. The monoisotopic (exact) mass is 409 g/mol. The lowest BCUT2D eigenvalue weighted by atomic mass is 10.1. The number of rotatable bonds is 5. The largest absolute Gasteiger partial charge is 0.491 e. The van der Waals surface area contributed by atoms with Gasteiger partial charge in [0.2, 0.25) is 5.91 Å². The van der Waals surface area contributed by atoms with Crippen molar-refractivity contribution >= 4 is 17.6 Å². The number of hydrogen-bond donors (Lipinski definition) is 1. The maximum Gasteiger partial charge on any atom is 0.317 e. The van der Waals surface area contributed by atoms with Crippen LogP contribution in [0.3, 0.4) is 0 Å². The first-order chi connectivity index (χ1) is 14.3. The lowest BCUT2D eigenvalue weighted by Gasteiger charge is -2.23. The van der Waals surface area contributed by atoms with Crippen molar-refractivity contribution in [3.63, 3.8) is 0 Å². The van der Waals surface area contributed by atoms with Crippen molar-refractivity contribution in [3.05, 3.63) is 59.2 Å². The molecule has 3 rings (SSSR count). The van der Waals surface area contributed by atoms with Crippen LogP contribution in [0.5, 0.6) is 5.75 Å². The third kappa shape index (κ3) is 5.53. The average molecular weight is 410 g/mol. The summed E-state index contributed by atoms with van der Waals surface area (Å²) in [4.78, 5) is 28.4. The van der Waals surface area contributed by atoms with E-state index in [1.807, 2.05) is 49.4 Å². The Kier molecular flexibility index (Phi) is 6.98. The number of nitrogens with one attached hydrogen (secondary N) is 1. The van der Waals surface area contributed by atoms with Crippen LogP contribution in [0.15, 0.2) is 42.5 Å². The molecule has 0 atom stereocenters. The summed E-state index contributed by atoms with van der Waals surface area (Å²) < 4.78 is 5.86. The summed E-state index contributed by atoms with van der Waals surface area (Å²) in [5, 5.41) is 2.98. The van der Waals surface area contributed by atoms with E-state index in [4.69, 9.17) is 4.74 Å². The number of fused-ring (bicyclic) bond motifs is 1. The molecule has 0 saturated heterocycles. The Morgan fingerprint density at radius 1 is 1.17 bits per heavy atom. The Labute approximate surface area is 178 Å². The molecule has 0 saturated carbocycles. The maximum absolute atomic E-state index is 12.5. The quantitative estimate of drug-likeness (QED) is 0.808. The highest BCUT2D eigenvalue weighted by molar-refractivity contribution is 5.91. The van der Waals surface area contributed by atoms with Crippen molar-refractivity contribution in [2.24, 2.45) is 5.92 Å². The molecule has 2 aromatic carbocycles. The van der Waals surface area contributed by atoms with Gasteiger partial charge in [0.1, 0.15) is 12.4 Å². The average Bonchev–Trinajstić information content (AvgIpc) is 2.93. The van der Waals surface area contributed by atoms with E-state index < -0.39 is 0 Å². The fraction of sp³-hybridized carbons (Fsp3) is 0.417. The van der Waals surface area contributed by atoms with E-state index in [-0.39, 0.29) is 11.9 Å². The molecule has 0 aromatic heterocycles. The van der Waals surface area contributed by atoms with E-state index in [0.717, 1.165) is 28.1 Å². The topological polar surface area (TPSA) is 61.9 Å². The van der Waals surface area contributed by atoms with Gasteiger partial charge >= 0.3 is 6.03 Å². The fourth-order valence-corrected chi connectivity index (χ4v) is 3.41. The van der Waals surface area contributed by atoms with Crippen LogP contribution in [0.25, 0.3) is 0 Å². The van der Waals surface area contributed by atoms with Gasteiger partial charge in [0.25, 0.3) is 0 Å². The predicted octanol–water partition coefficient (Wildman–Crippen LogP) is 4.11. The highest BCUT2D eigenvalue weighted by atomic mass is 16.5. The molecule has 2 aromatic rings. The minimum Gasteiger partial charge on any atom is -0.491 e. The van der Waals surface area contributed by atoms with Crippen LogP contribution < -0.4 is 15.0 Å². The Hall–Kier alpha value is -3.02. The van der Waals surface area contributed by atoms with Crippen molar-refractivity contribution in [2.45, 2.75) is 40.8 Å². The summed E-state index contributed by atoms with van der Waals surface area (Å²) in [5.41, 5.74) is 3.98. The van der Waals surface area contributed by atoms with Gasteiger partial charge in [0, 0.05) is 24.7 Å². The second kappa shape index (κ2) is 9.65. The highest BCUT2D eigenvalue weighted by Crippen LogP contribution is 2.26. The number of amides is 3. The molecule has 6 nitrogen and oxygen atoms in total. The van der Waals surface area contributed by atoms with Crippen molar-refractivity contribution in [3.8, 4) is 5.75 Å². The van der Waals surface area contributed by atoms with Gasteiger partial charge in [-0.25, -0.2) is 4.79 Å². The fourth-order valence-electron chi connectivity index (χ4n) is 3.41. The number of ether oxygens (including phenoxy) is 1. The minimum atomic E-state index is -0.0735. The molecule has 0 aliphatic carbocycles. The van der Waals surface area contributed by atoms with Crippen LogP contribution in [0, 0.1) is 12.8 Å². The van der Waals surface area contributed by atoms with Gasteiger partial charge in [-0.05, 0) is 42.7 Å². The van der Waals surface area contributed by atoms with Crippen molar-refractivity contribution in [2.75, 3.05) is 24.6 Å². The van der Waals surface area contributed by atoms with E-state index in [9.17, 15) is 9.59 Å². The number of hydrogen-bond acceptors (Lipinski definition) is 3. The van der Waals surface area contributed by atoms with E-state index in [2.05, 4.69) is 19.2 Å². The van der Waals surface area contributed by atoms with Crippen molar-refractivity contribution < 1.29 is 14.3 Å². The van der Waals surface area contributed by atoms with Gasteiger partial charge < -0.3 is 19.9 Å². The molecule has 1 aliphatic rings. The van der Waals surface area contributed by atoms with Crippen LogP contribution in [-0.4, -0.2) is 36.5 Å². The number of carbonyl (C=O) groups excluding carboxylic acids is 2. The first-order valence-electron chi connectivity index (χ1n) is 10.5. The second-order valence-electron chi connectivity index (χ2n) is 8.23. The molecular formula is C24H31N3O3. The summed E-state index contributed by atoms with van der Waals surface area (Å²) in [6.07, 6.45) is 0. The molecule has 30 heavy (non-hydrogen) atoms. The lowest BCUT2D eigenvalue weighted by Crippen LogP contribution is -2.41. The number of urea groups is 1. The molecular weight excluding hydrogens is 378 g/mol. The number of nitrogens with zero attached hydrogens (tertiary/aromatic N) is 2. The molecule has 1 aliphatic heterocycles. The summed E-state index contributed by atoms with van der Waals surface area (Å²) in [6.45, 7) is 10.3. The van der Waals surface area contributed by atoms with Crippen LogP contribution in [-0.2, 0) is 17.9 Å². The Morgan fingerprint density at radius 2 is 1.90 bits per heavy atom. The summed E-state index contributed by atoms with van der Waals surface area (Å²) in [6, 6.07) is 13.8. The Morgan fingerprint density at radius 3 is 2.57 bits per heavy atom. The lowest BCUT2D eigenvalue weighted by molar-refractivity contribution is -0.116. The van der Waals surface area contributed by atoms with Gasteiger partial charge in [-0.2, -0.15) is 0 Å². The smallest absolute Gasteiger partial charge is 0.317 e. The van der Waals surface area contributed by atoms with E-state index in [1.165, 1.54) is 0 Å². The van der Waals surface area contributed by atoms with Crippen molar-refractivity contribution in [1.82, 2.24) is 10.2 Å². The van der Waals surface area contributed by atoms with Gasteiger partial charge in [0.05, 0.1) is 19.6 Å². The van der Waals surface area contributed by atoms with E-state index in [1.54, 1.807) is 16.7 Å². The number of anilines is 1. The van der Waals surface area contributed by atoms with Crippen LogP contribution >= 0.6 is 0 Å². The number of aryl methyl sites for hydroxylation is 1. The van der Waals surface area contributed by atoms with Gasteiger partial charge in [-0.1, -0.05) is 37.6 Å². The van der Waals surface area contributed by atoms with E-state index >= 15 is 0 Å². The molecule has 0 spiro atoms. The standard InChI is InChI=1S/C24H31N3O3/c1-17(2)14-25-24(29)26-11-12-30-23-10-7-20(13-21(23)16-26)15-27(19(4)28)22-8-5-18(3)6-9-22/h5-10,13,17H,11-12,14-16H2,1-4H3,(H,25,29). The van der Waals surface area contributed by atoms with Crippen LogP contribution in [0.1, 0.15) is 37.5 Å². The third-order valence-corrected chi connectivity index (χ3v) is 5.12. The zero-order valence-corrected chi connectivity index (χ0v) is 18.3.